The number of halogens is 2. The number of carbonyl (C=O) groups is 4. The van der Waals surface area contributed by atoms with Crippen LogP contribution in [0.2, 0.25) is 0 Å². The van der Waals surface area contributed by atoms with Crippen LogP contribution in [-0.4, -0.2) is 63.5 Å². The van der Waals surface area contributed by atoms with Crippen LogP contribution in [0.4, 0.5) is 20.2 Å². The average molecular weight is 673 g/mol. The Kier molecular flexibility index (Phi) is 10.5. The number of hydrogen-bond acceptors (Lipinski definition) is 9. The van der Waals surface area contributed by atoms with Crippen molar-refractivity contribution in [2.75, 3.05) is 37.2 Å². The van der Waals surface area contributed by atoms with E-state index < -0.39 is 63.2 Å². The number of anilines is 2. The van der Waals surface area contributed by atoms with E-state index in [1.807, 2.05) is 0 Å². The number of sulfone groups is 1. The Labute approximate surface area is 270 Å². The summed E-state index contributed by atoms with van der Waals surface area (Å²) in [7, 11) is -2.73. The molecule has 0 bridgehead atoms. The number of methoxy groups -OCH3 is 1. The van der Waals surface area contributed by atoms with Gasteiger partial charge >= 0.3 is 5.97 Å². The van der Waals surface area contributed by atoms with E-state index in [1.54, 1.807) is 6.92 Å². The summed E-state index contributed by atoms with van der Waals surface area (Å²) >= 11 is 0. The maximum Gasteiger partial charge on any atom is 0.311 e. The Morgan fingerprint density at radius 2 is 1.74 bits per heavy atom. The molecule has 0 aromatic heterocycles. The molecule has 0 aliphatic carbocycles. The van der Waals surface area contributed by atoms with Crippen molar-refractivity contribution in [1.29, 1.82) is 0 Å². The Balaban J connectivity index is 1.92. The lowest BCUT2D eigenvalue weighted by molar-refractivity contribution is -0.149. The highest BCUT2D eigenvalue weighted by molar-refractivity contribution is 7.90. The molecule has 12 nitrogen and oxygen atoms in total. The molecule has 1 heterocycles. The smallest absolute Gasteiger partial charge is 0.311 e. The summed E-state index contributed by atoms with van der Waals surface area (Å²) in [5, 5.41) is 5.37. The van der Waals surface area contributed by atoms with Crippen LogP contribution in [0, 0.1) is 17.6 Å². The molecule has 0 unspecified atom stereocenters. The highest BCUT2D eigenvalue weighted by Gasteiger charge is 2.46. The lowest BCUT2D eigenvalue weighted by Crippen LogP contribution is -2.40. The molecule has 0 radical (unpaired) electrons. The first-order chi connectivity index (χ1) is 22.2. The number of esters is 1. The number of benzene rings is 3. The van der Waals surface area contributed by atoms with Gasteiger partial charge in [-0.3, -0.25) is 19.2 Å². The van der Waals surface area contributed by atoms with Crippen molar-refractivity contribution in [2.24, 2.45) is 11.7 Å². The number of rotatable bonds is 11. The van der Waals surface area contributed by atoms with Crippen molar-refractivity contribution >= 4 is 44.9 Å². The van der Waals surface area contributed by atoms with E-state index in [0.29, 0.717) is 0 Å². The topological polar surface area (TPSA) is 174 Å². The van der Waals surface area contributed by atoms with Gasteiger partial charge in [-0.15, -0.1) is 0 Å². The van der Waals surface area contributed by atoms with E-state index in [1.165, 1.54) is 49.3 Å². The lowest BCUT2D eigenvalue weighted by atomic mass is 9.92. The van der Waals surface area contributed by atoms with E-state index in [0.717, 1.165) is 30.5 Å². The Morgan fingerprint density at radius 3 is 2.36 bits per heavy atom. The number of nitrogens with zero attached hydrogens (tertiary/aromatic N) is 1. The number of primary amides is 1. The number of amides is 3. The zero-order chi connectivity index (χ0) is 34.6. The Bertz CT molecular complexity index is 1840. The third-order valence-electron chi connectivity index (χ3n) is 7.62. The van der Waals surface area contributed by atoms with Crippen LogP contribution in [0.5, 0.6) is 5.75 Å². The molecule has 15 heteroatoms. The maximum absolute atomic E-state index is 15.1. The van der Waals surface area contributed by atoms with Crippen molar-refractivity contribution in [1.82, 2.24) is 4.90 Å². The summed E-state index contributed by atoms with van der Waals surface area (Å²) in [4.78, 5) is 52.7. The predicted octanol–water partition coefficient (Wildman–Crippen LogP) is 3.74. The molecule has 4 rings (SSSR count). The Hall–Kier alpha value is -5.05. The van der Waals surface area contributed by atoms with Gasteiger partial charge in [-0.2, -0.15) is 0 Å². The molecular formula is C32H34F2N4O8S. The van der Waals surface area contributed by atoms with Gasteiger partial charge in [-0.05, 0) is 73.0 Å². The van der Waals surface area contributed by atoms with Crippen LogP contribution in [0.1, 0.15) is 53.8 Å². The number of hydrogen-bond donors (Lipinski definition) is 3. The van der Waals surface area contributed by atoms with E-state index in [2.05, 4.69) is 10.6 Å². The van der Waals surface area contributed by atoms with Crippen molar-refractivity contribution in [3.63, 3.8) is 0 Å². The maximum atomic E-state index is 15.1. The zero-order valence-corrected chi connectivity index (χ0v) is 26.8. The molecule has 3 aromatic carbocycles. The van der Waals surface area contributed by atoms with Gasteiger partial charge in [0.15, 0.2) is 21.4 Å². The summed E-state index contributed by atoms with van der Waals surface area (Å²) < 4.78 is 66.0. The normalized spacial score (nSPS) is 16.7. The molecule has 3 amide bonds. The highest BCUT2D eigenvalue weighted by Crippen LogP contribution is 2.43. The third-order valence-corrected chi connectivity index (χ3v) is 8.80. The van der Waals surface area contributed by atoms with E-state index in [4.69, 9.17) is 15.2 Å². The molecule has 250 valence electrons. The molecule has 0 spiro atoms. The van der Waals surface area contributed by atoms with Gasteiger partial charge in [0.2, 0.25) is 17.7 Å². The summed E-state index contributed by atoms with van der Waals surface area (Å²) in [6.45, 7) is 2.80. The van der Waals surface area contributed by atoms with Gasteiger partial charge in [0.1, 0.15) is 11.9 Å². The Morgan fingerprint density at radius 1 is 1.04 bits per heavy atom. The fraction of sp³-hybridized carbons (Fsp3) is 0.312. The highest BCUT2D eigenvalue weighted by atomic mass is 32.2. The van der Waals surface area contributed by atoms with E-state index >= 15 is 4.39 Å². The van der Waals surface area contributed by atoms with Crippen LogP contribution in [0.15, 0.2) is 59.5 Å². The van der Waals surface area contributed by atoms with Gasteiger partial charge in [0.25, 0.3) is 0 Å². The minimum absolute atomic E-state index is 0.00982. The van der Waals surface area contributed by atoms with Crippen molar-refractivity contribution in [2.45, 2.75) is 37.2 Å². The monoisotopic (exact) mass is 672 g/mol. The van der Waals surface area contributed by atoms with Crippen LogP contribution in [0.3, 0.4) is 0 Å². The molecule has 1 fully saturated rings. The lowest BCUT2D eigenvalue weighted by Gasteiger charge is -2.33. The van der Waals surface area contributed by atoms with Crippen LogP contribution < -0.4 is 21.1 Å². The van der Waals surface area contributed by atoms with E-state index in [9.17, 15) is 32.0 Å². The number of nitrogens with two attached hydrogens (primary N) is 1. The molecule has 47 heavy (non-hydrogen) atoms. The van der Waals surface area contributed by atoms with Crippen molar-refractivity contribution < 1.29 is 45.9 Å². The first-order valence-electron chi connectivity index (χ1n) is 14.4. The second-order valence-corrected chi connectivity index (χ2v) is 12.8. The SMILES string of the molecule is CCOC(=O)[C@@H]1CCN(C(=O)[C@@H](Nc2cc(C(N)=O)ccc2F)c2ccc(F)c(OC)c2)[C@H]1c1cc(NC(C)=O)ccc1S(C)(=O)=O. The van der Waals surface area contributed by atoms with Crippen LogP contribution >= 0.6 is 0 Å². The summed E-state index contributed by atoms with van der Waals surface area (Å²) in [6, 6.07) is 8.12. The first-order valence-corrected chi connectivity index (χ1v) is 16.3. The van der Waals surface area contributed by atoms with Gasteiger partial charge in [0.05, 0.1) is 36.3 Å². The summed E-state index contributed by atoms with van der Waals surface area (Å²) in [5.74, 6) is -5.59. The summed E-state index contributed by atoms with van der Waals surface area (Å²) in [5.41, 5.74) is 5.41. The zero-order valence-electron chi connectivity index (χ0n) is 26.0. The van der Waals surface area contributed by atoms with Crippen LogP contribution in [-0.2, 0) is 29.0 Å². The molecule has 0 saturated carbocycles. The second-order valence-electron chi connectivity index (χ2n) is 10.9. The first kappa shape index (κ1) is 34.8. The quantitative estimate of drug-likeness (QED) is 0.257. The van der Waals surface area contributed by atoms with E-state index in [-0.39, 0.29) is 58.3 Å². The number of likely N-dealkylation sites (tertiary alicyclic amines) is 1. The minimum atomic E-state index is -3.95. The molecule has 1 saturated heterocycles. The van der Waals surface area contributed by atoms with Gasteiger partial charge < -0.3 is 30.7 Å². The molecule has 1 aliphatic heterocycles. The third kappa shape index (κ3) is 7.68. The number of carbonyl (C=O) groups excluding carboxylic acids is 4. The standard InChI is InChI=1S/C32H34F2N4O8S/c1-5-46-32(42)21-12-13-38(29(21)22-16-20(36-17(2)39)8-11-27(22)47(4,43)44)31(41)28(18-6-10-24(34)26(15-18)45-3)37-25-14-19(30(35)40)7-9-23(25)33/h6-11,14-16,21,28-29,37H,5,12-13H2,1-4H3,(H2,35,40)(H,36,39)/t21-,28+,29-/m1/s1. The fourth-order valence-corrected chi connectivity index (χ4v) is 6.50. The fourth-order valence-electron chi connectivity index (χ4n) is 5.57. The van der Waals surface area contributed by atoms with Crippen LogP contribution in [0.25, 0.3) is 0 Å². The average Bonchev–Trinajstić information content (AvgIpc) is 3.45. The van der Waals surface area contributed by atoms with Crippen molar-refractivity contribution in [3.8, 4) is 5.75 Å². The minimum Gasteiger partial charge on any atom is -0.494 e. The number of nitrogens with one attached hydrogen (secondary N) is 2. The molecule has 3 atom stereocenters. The predicted molar refractivity (Wildman–Crippen MR) is 167 cm³/mol. The summed E-state index contributed by atoms with van der Waals surface area (Å²) in [6.07, 6.45) is 1.03. The second kappa shape index (κ2) is 14.2. The largest absolute Gasteiger partial charge is 0.494 e. The molecule has 3 aromatic rings. The van der Waals surface area contributed by atoms with Gasteiger partial charge in [-0.25, -0.2) is 17.2 Å². The number of ether oxygens (including phenoxy) is 2. The van der Waals surface area contributed by atoms with Gasteiger partial charge in [0, 0.05) is 31.0 Å². The molecular weight excluding hydrogens is 638 g/mol. The molecule has 1 aliphatic rings. The molecule has 4 N–H and O–H groups in total. The van der Waals surface area contributed by atoms with Crippen molar-refractivity contribution in [3.05, 3.63) is 82.9 Å². The van der Waals surface area contributed by atoms with Gasteiger partial charge in [-0.1, -0.05) is 6.07 Å².